The summed E-state index contributed by atoms with van der Waals surface area (Å²) in [6, 6.07) is 0. The molecule has 9 heteroatoms. The second-order valence-electron chi connectivity index (χ2n) is 14.5. The van der Waals surface area contributed by atoms with Crippen LogP contribution in [0.25, 0.3) is 0 Å². The fourth-order valence-electron chi connectivity index (χ4n) is 5.81. The van der Waals surface area contributed by atoms with Gasteiger partial charge in [-0.25, -0.2) is 4.57 Å². The highest BCUT2D eigenvalue weighted by Gasteiger charge is 2.25. The first-order valence-electron chi connectivity index (χ1n) is 22.6. The lowest BCUT2D eigenvalue weighted by atomic mass is 10.0. The lowest BCUT2D eigenvalue weighted by molar-refractivity contribution is -0.154. The number of hydrogen-bond donors (Lipinski definition) is 2. The van der Waals surface area contributed by atoms with Gasteiger partial charge in [0, 0.05) is 19.6 Å². The van der Waals surface area contributed by atoms with Gasteiger partial charge in [-0.3, -0.25) is 13.8 Å². The molecular formula is C48H84NO7P. The quantitative estimate of drug-likeness (QED) is 0.0271. The molecule has 0 fully saturated rings. The summed E-state index contributed by atoms with van der Waals surface area (Å²) in [5, 5.41) is 0. The van der Waals surface area contributed by atoms with Gasteiger partial charge in [-0.15, -0.1) is 0 Å². The number of carbonyl (C=O) groups is 1. The first kappa shape index (κ1) is 54.7. The lowest BCUT2D eigenvalue weighted by Crippen LogP contribution is -2.28. The minimum Gasteiger partial charge on any atom is -0.457 e. The van der Waals surface area contributed by atoms with Gasteiger partial charge >= 0.3 is 13.8 Å². The lowest BCUT2D eigenvalue weighted by Gasteiger charge is -2.20. The molecule has 57 heavy (non-hydrogen) atoms. The zero-order valence-electron chi connectivity index (χ0n) is 36.3. The van der Waals surface area contributed by atoms with Crippen LogP contribution in [-0.2, 0) is 27.9 Å². The third kappa shape index (κ3) is 44.6. The molecule has 0 amide bonds. The molecule has 3 N–H and O–H groups in total. The van der Waals surface area contributed by atoms with Crippen LogP contribution in [0.5, 0.6) is 0 Å². The van der Waals surface area contributed by atoms with Crippen molar-refractivity contribution in [3.8, 4) is 0 Å². The summed E-state index contributed by atoms with van der Waals surface area (Å²) in [5.74, 6) is -0.389. The molecule has 2 atom stereocenters. The van der Waals surface area contributed by atoms with Crippen LogP contribution in [0.4, 0.5) is 0 Å². The van der Waals surface area contributed by atoms with Crippen molar-refractivity contribution in [3.05, 3.63) is 85.1 Å². The van der Waals surface area contributed by atoms with E-state index in [2.05, 4.69) is 98.9 Å². The van der Waals surface area contributed by atoms with Gasteiger partial charge in [0.2, 0.25) is 0 Å². The van der Waals surface area contributed by atoms with Crippen molar-refractivity contribution in [3.63, 3.8) is 0 Å². The molecule has 0 saturated heterocycles. The van der Waals surface area contributed by atoms with Crippen LogP contribution < -0.4 is 5.73 Å². The number of phosphoric ester groups is 1. The molecule has 0 spiro atoms. The maximum Gasteiger partial charge on any atom is 0.472 e. The van der Waals surface area contributed by atoms with Gasteiger partial charge < -0.3 is 20.1 Å². The van der Waals surface area contributed by atoms with Crippen molar-refractivity contribution in [1.29, 1.82) is 0 Å². The predicted molar refractivity (Wildman–Crippen MR) is 242 cm³/mol. The molecule has 0 saturated carbocycles. The predicted octanol–water partition coefficient (Wildman–Crippen LogP) is 13.7. The third-order valence-electron chi connectivity index (χ3n) is 9.08. The van der Waals surface area contributed by atoms with Crippen molar-refractivity contribution in [2.75, 3.05) is 33.0 Å². The molecule has 0 aliphatic rings. The SMILES string of the molecule is CC/C=C\C/C=C\C/C=C\C/C=C\C/C=C\C/C=C\C/C=C\CCCC(=O)OC(COCCCCCCCCCCCCCCCCC)COP(=O)(O)OCCN. The summed E-state index contributed by atoms with van der Waals surface area (Å²) < 4.78 is 33.4. The zero-order valence-corrected chi connectivity index (χ0v) is 37.2. The molecule has 0 radical (unpaired) electrons. The van der Waals surface area contributed by atoms with Gasteiger partial charge in [0.15, 0.2) is 0 Å². The zero-order chi connectivity index (χ0) is 41.6. The Kier molecular flexibility index (Phi) is 43.0. The van der Waals surface area contributed by atoms with Crippen LogP contribution in [-0.4, -0.2) is 49.9 Å². The summed E-state index contributed by atoms with van der Waals surface area (Å²) in [7, 11) is -4.30. The molecule has 0 aromatic carbocycles. The van der Waals surface area contributed by atoms with Gasteiger partial charge in [0.1, 0.15) is 6.10 Å². The minimum absolute atomic E-state index is 0.0878. The van der Waals surface area contributed by atoms with E-state index in [4.69, 9.17) is 24.3 Å². The molecule has 0 bridgehead atoms. The number of esters is 1. The van der Waals surface area contributed by atoms with Crippen molar-refractivity contribution in [2.24, 2.45) is 5.73 Å². The Morgan fingerprint density at radius 1 is 0.544 bits per heavy atom. The smallest absolute Gasteiger partial charge is 0.457 e. The molecule has 0 aliphatic heterocycles. The number of nitrogens with two attached hydrogens (primary N) is 1. The van der Waals surface area contributed by atoms with Gasteiger partial charge in [-0.2, -0.15) is 0 Å². The molecule has 0 aliphatic carbocycles. The van der Waals surface area contributed by atoms with Gasteiger partial charge in [-0.05, 0) is 64.2 Å². The first-order valence-corrected chi connectivity index (χ1v) is 24.1. The third-order valence-corrected chi connectivity index (χ3v) is 10.1. The van der Waals surface area contributed by atoms with Crippen LogP contribution in [0.2, 0.25) is 0 Å². The number of carbonyl (C=O) groups excluding carboxylic acids is 1. The molecule has 0 aromatic rings. The summed E-state index contributed by atoms with van der Waals surface area (Å²) in [5.41, 5.74) is 5.37. The number of unbranched alkanes of at least 4 members (excludes halogenated alkanes) is 15. The Labute approximate surface area is 349 Å². The number of ether oxygens (including phenoxy) is 2. The van der Waals surface area contributed by atoms with Crippen LogP contribution in [0.1, 0.15) is 174 Å². The van der Waals surface area contributed by atoms with E-state index in [1.807, 2.05) is 0 Å². The van der Waals surface area contributed by atoms with Gasteiger partial charge in [0.05, 0.1) is 19.8 Å². The largest absolute Gasteiger partial charge is 0.472 e. The molecule has 0 rings (SSSR count). The Morgan fingerprint density at radius 3 is 1.40 bits per heavy atom. The fourth-order valence-corrected chi connectivity index (χ4v) is 6.57. The molecule has 0 heterocycles. The minimum atomic E-state index is -4.30. The van der Waals surface area contributed by atoms with Crippen molar-refractivity contribution in [2.45, 2.75) is 180 Å². The standard InChI is InChI=1S/C48H84NO7P/c1-3-5-7-9-11-13-15-17-19-20-21-22-23-24-25-26-27-29-31-33-35-37-39-41-48(50)56-47(46-55-57(51,52)54-44-42-49)45-53-43-40-38-36-34-32-30-28-18-16-14-12-10-8-6-4-2/h5,7,11,13,17,19,21-22,24-25,27,29,33,35,47H,3-4,6,8-10,12,14-16,18,20,23,26,28,30-32,34,36-46,49H2,1-2H3,(H,51,52)/b7-5-,13-11-,19-17-,22-21-,25-24-,29-27-,35-33-. The average Bonchev–Trinajstić information content (AvgIpc) is 3.20. The molecule has 328 valence electrons. The molecular weight excluding hydrogens is 734 g/mol. The number of hydrogen-bond acceptors (Lipinski definition) is 7. The topological polar surface area (TPSA) is 117 Å². The molecule has 2 unspecified atom stereocenters. The normalized spacial score (nSPS) is 14.2. The Hall–Kier alpha value is -2.32. The summed E-state index contributed by atoms with van der Waals surface area (Å²) >= 11 is 0. The highest BCUT2D eigenvalue weighted by atomic mass is 31.2. The first-order chi connectivity index (χ1) is 27.9. The van der Waals surface area contributed by atoms with Crippen LogP contribution >= 0.6 is 7.82 Å². The van der Waals surface area contributed by atoms with E-state index in [9.17, 15) is 14.3 Å². The number of allylic oxidation sites excluding steroid dienone is 14. The second-order valence-corrected chi connectivity index (χ2v) is 16.0. The van der Waals surface area contributed by atoms with E-state index < -0.39 is 13.9 Å². The Morgan fingerprint density at radius 2 is 0.965 bits per heavy atom. The highest BCUT2D eigenvalue weighted by molar-refractivity contribution is 7.47. The molecule has 8 nitrogen and oxygen atoms in total. The maximum absolute atomic E-state index is 12.6. The number of phosphoric acid groups is 1. The monoisotopic (exact) mass is 818 g/mol. The second kappa shape index (κ2) is 44.8. The summed E-state index contributed by atoms with van der Waals surface area (Å²) in [6.45, 7) is 4.73. The Balaban J connectivity index is 4.15. The highest BCUT2D eigenvalue weighted by Crippen LogP contribution is 2.43. The van der Waals surface area contributed by atoms with Crippen LogP contribution in [0.15, 0.2) is 85.1 Å². The van der Waals surface area contributed by atoms with E-state index in [1.165, 1.54) is 83.5 Å². The van der Waals surface area contributed by atoms with Gasteiger partial charge in [0.25, 0.3) is 0 Å². The summed E-state index contributed by atoms with van der Waals surface area (Å²) in [6.07, 6.45) is 57.5. The van der Waals surface area contributed by atoms with Crippen molar-refractivity contribution in [1.82, 2.24) is 0 Å². The number of rotatable bonds is 42. The van der Waals surface area contributed by atoms with E-state index in [0.29, 0.717) is 13.0 Å². The van der Waals surface area contributed by atoms with Crippen LogP contribution in [0, 0.1) is 0 Å². The van der Waals surface area contributed by atoms with Crippen LogP contribution in [0.3, 0.4) is 0 Å². The summed E-state index contributed by atoms with van der Waals surface area (Å²) in [4.78, 5) is 22.5. The Bertz CT molecular complexity index is 1140. The van der Waals surface area contributed by atoms with E-state index in [1.54, 1.807) is 0 Å². The van der Waals surface area contributed by atoms with Crippen molar-refractivity contribution >= 4 is 13.8 Å². The molecule has 0 aromatic heterocycles. The fraction of sp³-hybridized carbons (Fsp3) is 0.688. The van der Waals surface area contributed by atoms with E-state index in [-0.39, 0.29) is 38.8 Å². The average molecular weight is 818 g/mol. The maximum atomic E-state index is 12.6. The van der Waals surface area contributed by atoms with E-state index in [0.717, 1.165) is 64.2 Å². The van der Waals surface area contributed by atoms with Crippen molar-refractivity contribution < 1.29 is 32.8 Å². The van der Waals surface area contributed by atoms with Gasteiger partial charge in [-0.1, -0.05) is 189 Å². The van der Waals surface area contributed by atoms with E-state index >= 15 is 0 Å².